The maximum atomic E-state index is 10.4. The molecule has 0 rings (SSSR count). The first-order valence-electron chi connectivity index (χ1n) is 3.52. The minimum absolute atomic E-state index is 0.0354. The first-order chi connectivity index (χ1) is 5.99. The highest BCUT2D eigenvalue weighted by Gasteiger charge is 2.19. The molecule has 0 radical (unpaired) electrons. The van der Waals surface area contributed by atoms with Gasteiger partial charge in [0, 0.05) is 12.3 Å². The molecule has 0 aliphatic heterocycles. The summed E-state index contributed by atoms with van der Waals surface area (Å²) in [5, 5.41) is 16.1. The third kappa shape index (κ3) is 4.71. The van der Waals surface area contributed by atoms with Crippen LogP contribution in [-0.2, 0) is 9.59 Å². The first-order valence-corrected chi connectivity index (χ1v) is 4.56. The monoisotopic (exact) mass is 208 g/mol. The predicted molar refractivity (Wildman–Crippen MR) is 48.5 cm³/mol. The molecule has 2 atom stereocenters. The van der Waals surface area contributed by atoms with Gasteiger partial charge in [0.1, 0.15) is 11.3 Å². The lowest BCUT2D eigenvalue weighted by Gasteiger charge is -2.10. The molecule has 0 aliphatic carbocycles. The van der Waals surface area contributed by atoms with Crippen molar-refractivity contribution in [2.75, 3.05) is 12.3 Å². The zero-order chi connectivity index (χ0) is 10.4. The molecule has 7 heteroatoms. The van der Waals surface area contributed by atoms with E-state index in [1.165, 1.54) is 0 Å². The van der Waals surface area contributed by atoms with Crippen molar-refractivity contribution in [3.63, 3.8) is 0 Å². The summed E-state index contributed by atoms with van der Waals surface area (Å²) in [6, 6.07) is -1.04. The van der Waals surface area contributed by atoms with Crippen LogP contribution in [0.2, 0.25) is 0 Å². The number of nitrogens with two attached hydrogens (primary N) is 2. The SMILES string of the molecule is NC[C@@H](SC[C@H](N)C(=O)O)C(=O)O. The van der Waals surface area contributed by atoms with Crippen LogP contribution < -0.4 is 11.5 Å². The molecular weight excluding hydrogens is 196 g/mol. The summed E-state index contributed by atoms with van der Waals surface area (Å²) in [5.74, 6) is -2.15. The molecule has 0 aromatic heterocycles. The number of hydrogen-bond acceptors (Lipinski definition) is 5. The molecule has 0 spiro atoms. The highest BCUT2D eigenvalue weighted by atomic mass is 32.2. The first kappa shape index (κ1) is 12.2. The fourth-order valence-corrected chi connectivity index (χ4v) is 1.39. The van der Waals surface area contributed by atoms with Crippen molar-refractivity contribution in [3.8, 4) is 0 Å². The van der Waals surface area contributed by atoms with Crippen LogP contribution in [0, 0.1) is 0 Å². The van der Waals surface area contributed by atoms with Crippen molar-refractivity contribution < 1.29 is 19.8 Å². The third-order valence-corrected chi connectivity index (χ3v) is 2.63. The van der Waals surface area contributed by atoms with Crippen LogP contribution in [0.3, 0.4) is 0 Å². The second kappa shape index (κ2) is 5.79. The van der Waals surface area contributed by atoms with Crippen LogP contribution in [0.15, 0.2) is 0 Å². The number of hydrogen-bond donors (Lipinski definition) is 4. The van der Waals surface area contributed by atoms with E-state index in [0.29, 0.717) is 0 Å². The summed E-state index contributed by atoms with van der Waals surface area (Å²) in [6.45, 7) is -0.0354. The Hall–Kier alpha value is -0.790. The van der Waals surface area contributed by atoms with Gasteiger partial charge in [-0.3, -0.25) is 9.59 Å². The molecule has 0 aromatic rings. The minimum Gasteiger partial charge on any atom is -0.480 e. The van der Waals surface area contributed by atoms with Gasteiger partial charge in [0.05, 0.1) is 0 Å². The van der Waals surface area contributed by atoms with Crippen LogP contribution in [0.5, 0.6) is 0 Å². The summed E-state index contributed by atoms with van der Waals surface area (Å²) in [4.78, 5) is 20.7. The van der Waals surface area contributed by atoms with Crippen LogP contribution in [0.1, 0.15) is 0 Å². The molecular formula is C6H12N2O4S. The molecule has 0 heterocycles. The Labute approximate surface area is 79.3 Å². The van der Waals surface area contributed by atoms with Crippen molar-refractivity contribution in [1.29, 1.82) is 0 Å². The Morgan fingerprint density at radius 1 is 1.31 bits per heavy atom. The Morgan fingerprint density at radius 2 is 1.85 bits per heavy atom. The van der Waals surface area contributed by atoms with Gasteiger partial charge in [0.2, 0.25) is 0 Å². The van der Waals surface area contributed by atoms with Gasteiger partial charge in [0.15, 0.2) is 0 Å². The van der Waals surface area contributed by atoms with Gasteiger partial charge in [-0.05, 0) is 0 Å². The molecule has 0 unspecified atom stereocenters. The third-order valence-electron chi connectivity index (χ3n) is 1.28. The Balaban J connectivity index is 3.85. The molecule has 6 N–H and O–H groups in total. The molecule has 0 aliphatic rings. The van der Waals surface area contributed by atoms with E-state index in [1.54, 1.807) is 0 Å². The number of thioether (sulfide) groups is 1. The molecule has 6 nitrogen and oxygen atoms in total. The molecule has 0 aromatic carbocycles. The fourth-order valence-electron chi connectivity index (χ4n) is 0.531. The summed E-state index contributed by atoms with van der Waals surface area (Å²) >= 11 is 0.936. The molecule has 0 fully saturated rings. The van der Waals surface area contributed by atoms with E-state index in [2.05, 4.69) is 0 Å². The van der Waals surface area contributed by atoms with Crippen molar-refractivity contribution in [2.45, 2.75) is 11.3 Å². The lowest BCUT2D eigenvalue weighted by atomic mass is 10.4. The van der Waals surface area contributed by atoms with Crippen molar-refractivity contribution in [1.82, 2.24) is 0 Å². The molecule has 0 saturated carbocycles. The highest BCUT2D eigenvalue weighted by Crippen LogP contribution is 2.10. The van der Waals surface area contributed by atoms with Crippen LogP contribution in [0.25, 0.3) is 0 Å². The zero-order valence-electron chi connectivity index (χ0n) is 6.84. The van der Waals surface area contributed by atoms with E-state index in [9.17, 15) is 9.59 Å². The number of aliphatic carboxylic acids is 2. The van der Waals surface area contributed by atoms with Crippen molar-refractivity contribution >= 4 is 23.7 Å². The minimum atomic E-state index is -1.14. The molecule has 0 amide bonds. The Morgan fingerprint density at radius 3 is 2.15 bits per heavy atom. The van der Waals surface area contributed by atoms with Crippen LogP contribution in [-0.4, -0.2) is 45.7 Å². The normalized spacial score (nSPS) is 14.9. The lowest BCUT2D eigenvalue weighted by Crippen LogP contribution is -2.35. The second-order valence-electron chi connectivity index (χ2n) is 2.34. The van der Waals surface area contributed by atoms with E-state index < -0.39 is 23.2 Å². The van der Waals surface area contributed by atoms with Gasteiger partial charge in [-0.15, -0.1) is 11.8 Å². The fraction of sp³-hybridized carbons (Fsp3) is 0.667. The summed E-state index contributed by atoms with van der Waals surface area (Å²) in [7, 11) is 0. The number of carboxylic acids is 2. The van der Waals surface area contributed by atoms with Gasteiger partial charge < -0.3 is 21.7 Å². The van der Waals surface area contributed by atoms with Crippen LogP contribution in [0.4, 0.5) is 0 Å². The maximum absolute atomic E-state index is 10.4. The van der Waals surface area contributed by atoms with Gasteiger partial charge in [-0.2, -0.15) is 0 Å². The lowest BCUT2D eigenvalue weighted by molar-refractivity contribution is -0.138. The standard InChI is InChI=1S/C6H12N2O4S/c7-1-4(6(11)12)13-2-3(8)5(9)10/h3-4H,1-2,7-8H2,(H,9,10)(H,11,12)/t3-,4+/m0/s1. The van der Waals surface area contributed by atoms with Gasteiger partial charge >= 0.3 is 11.9 Å². The van der Waals surface area contributed by atoms with E-state index >= 15 is 0 Å². The van der Waals surface area contributed by atoms with E-state index in [4.69, 9.17) is 21.7 Å². The average Bonchev–Trinajstić information content (AvgIpc) is 2.04. The summed E-state index contributed by atoms with van der Waals surface area (Å²) < 4.78 is 0. The number of carbonyl (C=O) groups is 2. The van der Waals surface area contributed by atoms with Gasteiger partial charge in [0.25, 0.3) is 0 Å². The average molecular weight is 208 g/mol. The summed E-state index contributed by atoms with van der Waals surface area (Å²) in [5.41, 5.74) is 10.3. The molecule has 76 valence electrons. The van der Waals surface area contributed by atoms with E-state index in [0.717, 1.165) is 11.8 Å². The Kier molecular flexibility index (Phi) is 5.44. The topological polar surface area (TPSA) is 127 Å². The number of carboxylic acid groups (broad SMARTS) is 2. The van der Waals surface area contributed by atoms with Gasteiger partial charge in [-0.25, -0.2) is 0 Å². The molecule has 13 heavy (non-hydrogen) atoms. The molecule has 0 bridgehead atoms. The van der Waals surface area contributed by atoms with E-state index in [-0.39, 0.29) is 12.3 Å². The summed E-state index contributed by atoms with van der Waals surface area (Å²) in [6.07, 6.45) is 0. The highest BCUT2D eigenvalue weighted by molar-refractivity contribution is 8.00. The smallest absolute Gasteiger partial charge is 0.321 e. The van der Waals surface area contributed by atoms with Crippen molar-refractivity contribution in [2.24, 2.45) is 11.5 Å². The predicted octanol–water partition coefficient (Wildman–Crippen LogP) is -1.46. The molecule has 0 saturated heterocycles. The maximum Gasteiger partial charge on any atom is 0.321 e. The quantitative estimate of drug-likeness (QED) is 0.420. The van der Waals surface area contributed by atoms with Crippen LogP contribution >= 0.6 is 11.8 Å². The number of rotatable bonds is 6. The van der Waals surface area contributed by atoms with E-state index in [1.807, 2.05) is 0 Å². The second-order valence-corrected chi connectivity index (χ2v) is 3.58. The Bertz CT molecular complexity index is 199. The van der Waals surface area contributed by atoms with Gasteiger partial charge in [-0.1, -0.05) is 0 Å². The van der Waals surface area contributed by atoms with Crippen molar-refractivity contribution in [3.05, 3.63) is 0 Å². The zero-order valence-corrected chi connectivity index (χ0v) is 7.66. The largest absolute Gasteiger partial charge is 0.480 e.